The van der Waals surface area contributed by atoms with E-state index in [-0.39, 0.29) is 46.2 Å². The van der Waals surface area contributed by atoms with Gasteiger partial charge in [-0.2, -0.15) is 0 Å². The standard InChI is InChI=1S/C24H20N4O5S/c1-3-33-23(32)18-11-26-24(28-21(18)25)34-12(2)22(31)27-13-8-9-16-17(10-13)20(30)15-7-5-4-6-14(15)19(16)29/h4-12H,3H2,1-2H3,(H,27,31)(H2,25,26,28). The predicted molar refractivity (Wildman–Crippen MR) is 126 cm³/mol. The monoisotopic (exact) mass is 476 g/mol. The number of benzene rings is 2. The van der Waals surface area contributed by atoms with E-state index >= 15 is 0 Å². The summed E-state index contributed by atoms with van der Waals surface area (Å²) in [5, 5.41) is 2.34. The lowest BCUT2D eigenvalue weighted by Gasteiger charge is -2.18. The van der Waals surface area contributed by atoms with Crippen LogP contribution in [-0.4, -0.2) is 45.3 Å². The largest absolute Gasteiger partial charge is 0.462 e. The van der Waals surface area contributed by atoms with Crippen LogP contribution in [0, 0.1) is 0 Å². The Bertz CT molecular complexity index is 1340. The van der Waals surface area contributed by atoms with Crippen LogP contribution >= 0.6 is 11.8 Å². The molecule has 0 spiro atoms. The van der Waals surface area contributed by atoms with Gasteiger partial charge in [0.25, 0.3) is 0 Å². The number of nitrogens with zero attached hydrogens (tertiary/aromatic N) is 2. The van der Waals surface area contributed by atoms with Crippen LogP contribution in [0.25, 0.3) is 0 Å². The number of ketones is 2. The molecule has 1 unspecified atom stereocenters. The van der Waals surface area contributed by atoms with Gasteiger partial charge in [0.05, 0.1) is 11.9 Å². The van der Waals surface area contributed by atoms with Gasteiger partial charge in [-0.3, -0.25) is 14.4 Å². The number of carbonyl (C=O) groups is 4. The molecular weight excluding hydrogens is 456 g/mol. The highest BCUT2D eigenvalue weighted by atomic mass is 32.2. The Morgan fingerprint density at radius 1 is 1.06 bits per heavy atom. The Balaban J connectivity index is 1.47. The van der Waals surface area contributed by atoms with Gasteiger partial charge in [-0.15, -0.1) is 0 Å². The first-order valence-electron chi connectivity index (χ1n) is 10.4. The van der Waals surface area contributed by atoms with E-state index in [1.165, 1.54) is 18.3 Å². The van der Waals surface area contributed by atoms with Gasteiger partial charge in [-0.1, -0.05) is 36.0 Å². The van der Waals surface area contributed by atoms with Crippen LogP contribution in [0.4, 0.5) is 11.5 Å². The van der Waals surface area contributed by atoms with E-state index in [1.807, 2.05) is 0 Å². The van der Waals surface area contributed by atoms with Crippen molar-refractivity contribution in [1.29, 1.82) is 0 Å². The van der Waals surface area contributed by atoms with E-state index in [0.29, 0.717) is 22.4 Å². The maximum atomic E-state index is 12.9. The minimum absolute atomic E-state index is 0.0401. The predicted octanol–water partition coefficient (Wildman–Crippen LogP) is 3.13. The van der Waals surface area contributed by atoms with Crippen LogP contribution in [0.1, 0.15) is 56.0 Å². The average molecular weight is 477 g/mol. The first-order valence-corrected chi connectivity index (χ1v) is 11.3. The van der Waals surface area contributed by atoms with Crippen molar-refractivity contribution in [1.82, 2.24) is 9.97 Å². The number of ether oxygens (including phenoxy) is 1. The van der Waals surface area contributed by atoms with Crippen molar-refractivity contribution < 1.29 is 23.9 Å². The van der Waals surface area contributed by atoms with E-state index in [1.54, 1.807) is 44.2 Å². The third kappa shape index (κ3) is 4.40. The summed E-state index contributed by atoms with van der Waals surface area (Å²) >= 11 is 1.05. The van der Waals surface area contributed by atoms with Crippen molar-refractivity contribution in [3.63, 3.8) is 0 Å². The SMILES string of the molecule is CCOC(=O)c1cnc(SC(C)C(=O)Nc2ccc3c(c2)C(=O)c2ccccc2C3=O)nc1N. The Morgan fingerprint density at radius 3 is 2.35 bits per heavy atom. The number of anilines is 2. The Labute approximate surface area is 199 Å². The van der Waals surface area contributed by atoms with Crippen molar-refractivity contribution in [2.75, 3.05) is 17.7 Å². The van der Waals surface area contributed by atoms with Crippen LogP contribution in [-0.2, 0) is 9.53 Å². The molecule has 1 aliphatic rings. The molecule has 1 aromatic heterocycles. The van der Waals surface area contributed by atoms with Gasteiger partial charge in [0, 0.05) is 34.1 Å². The van der Waals surface area contributed by atoms with Crippen LogP contribution in [0.3, 0.4) is 0 Å². The fourth-order valence-corrected chi connectivity index (χ4v) is 4.18. The fraction of sp³-hybridized carbons (Fsp3) is 0.167. The van der Waals surface area contributed by atoms with Crippen LogP contribution in [0.5, 0.6) is 0 Å². The molecule has 0 aliphatic heterocycles. The molecule has 10 heteroatoms. The number of nitrogens with two attached hydrogens (primary N) is 1. The molecule has 1 heterocycles. The summed E-state index contributed by atoms with van der Waals surface area (Å²) < 4.78 is 4.89. The second-order valence-electron chi connectivity index (χ2n) is 7.39. The molecule has 0 bridgehead atoms. The number of hydrogen-bond donors (Lipinski definition) is 2. The second-order valence-corrected chi connectivity index (χ2v) is 8.69. The molecule has 0 saturated carbocycles. The normalized spacial score (nSPS) is 13.0. The molecule has 2 aromatic carbocycles. The molecule has 34 heavy (non-hydrogen) atoms. The van der Waals surface area contributed by atoms with Gasteiger partial charge in [0.15, 0.2) is 16.7 Å². The Kier molecular flexibility index (Phi) is 6.42. The number of hydrogen-bond acceptors (Lipinski definition) is 9. The van der Waals surface area contributed by atoms with E-state index in [9.17, 15) is 19.2 Å². The molecule has 172 valence electrons. The van der Waals surface area contributed by atoms with Crippen LogP contribution in [0.2, 0.25) is 0 Å². The number of nitrogen functional groups attached to an aromatic ring is 1. The Hall–Kier alpha value is -4.05. The maximum Gasteiger partial charge on any atom is 0.343 e. The quantitative estimate of drug-likeness (QED) is 0.244. The molecule has 4 rings (SSSR count). The van der Waals surface area contributed by atoms with Crippen LogP contribution < -0.4 is 11.1 Å². The highest BCUT2D eigenvalue weighted by molar-refractivity contribution is 8.00. The molecule has 1 aliphatic carbocycles. The van der Waals surface area contributed by atoms with Gasteiger partial charge in [0.1, 0.15) is 11.4 Å². The number of fused-ring (bicyclic) bond motifs is 2. The molecule has 9 nitrogen and oxygen atoms in total. The zero-order valence-corrected chi connectivity index (χ0v) is 19.1. The first kappa shape index (κ1) is 23.1. The van der Waals surface area contributed by atoms with E-state index in [2.05, 4.69) is 15.3 Å². The molecule has 0 radical (unpaired) electrons. The molecule has 1 atom stereocenters. The number of nitrogens with one attached hydrogen (secondary N) is 1. The lowest BCUT2D eigenvalue weighted by atomic mass is 9.84. The lowest BCUT2D eigenvalue weighted by molar-refractivity contribution is -0.115. The number of carbonyl (C=O) groups excluding carboxylic acids is 4. The van der Waals surface area contributed by atoms with Crippen molar-refractivity contribution in [2.45, 2.75) is 24.3 Å². The minimum atomic E-state index is -0.623. The summed E-state index contributed by atoms with van der Waals surface area (Å²) in [4.78, 5) is 58.3. The fourth-order valence-electron chi connectivity index (χ4n) is 3.43. The van der Waals surface area contributed by atoms with Gasteiger partial charge in [0.2, 0.25) is 5.91 Å². The van der Waals surface area contributed by atoms with E-state index in [0.717, 1.165) is 11.8 Å². The highest BCUT2D eigenvalue weighted by Gasteiger charge is 2.29. The zero-order chi connectivity index (χ0) is 24.4. The number of thioether (sulfide) groups is 1. The maximum absolute atomic E-state index is 12.9. The summed E-state index contributed by atoms with van der Waals surface area (Å²) in [6.45, 7) is 3.53. The molecule has 0 saturated heterocycles. The summed E-state index contributed by atoms with van der Waals surface area (Å²) in [5.41, 5.74) is 7.52. The van der Waals surface area contributed by atoms with E-state index in [4.69, 9.17) is 10.5 Å². The average Bonchev–Trinajstić information content (AvgIpc) is 2.82. The van der Waals surface area contributed by atoms with E-state index < -0.39 is 11.2 Å². The third-order valence-corrected chi connectivity index (χ3v) is 6.11. The number of amides is 1. The number of rotatable bonds is 6. The number of esters is 1. The van der Waals surface area contributed by atoms with Crippen molar-refractivity contribution in [3.05, 3.63) is 76.5 Å². The second kappa shape index (κ2) is 9.44. The lowest BCUT2D eigenvalue weighted by Crippen LogP contribution is -2.24. The zero-order valence-electron chi connectivity index (χ0n) is 18.3. The van der Waals surface area contributed by atoms with Crippen molar-refractivity contribution in [3.8, 4) is 0 Å². The van der Waals surface area contributed by atoms with Crippen molar-refractivity contribution in [2.24, 2.45) is 0 Å². The topological polar surface area (TPSA) is 141 Å². The molecule has 3 aromatic rings. The molecule has 3 N–H and O–H groups in total. The van der Waals surface area contributed by atoms with Gasteiger partial charge in [-0.25, -0.2) is 14.8 Å². The summed E-state index contributed by atoms with van der Waals surface area (Å²) in [5.74, 6) is -1.52. The molecule has 0 fully saturated rings. The van der Waals surface area contributed by atoms with Gasteiger partial charge in [-0.05, 0) is 32.0 Å². The van der Waals surface area contributed by atoms with Gasteiger partial charge < -0.3 is 15.8 Å². The van der Waals surface area contributed by atoms with Crippen molar-refractivity contribution >= 4 is 46.7 Å². The summed E-state index contributed by atoms with van der Waals surface area (Å²) in [6.07, 6.45) is 1.26. The van der Waals surface area contributed by atoms with Gasteiger partial charge >= 0.3 is 5.97 Å². The van der Waals surface area contributed by atoms with Crippen LogP contribution in [0.15, 0.2) is 53.8 Å². The smallest absolute Gasteiger partial charge is 0.343 e. The number of aromatic nitrogens is 2. The molecular formula is C24H20N4O5S. The minimum Gasteiger partial charge on any atom is -0.462 e. The Morgan fingerprint density at radius 2 is 1.71 bits per heavy atom. The first-order chi connectivity index (χ1) is 16.3. The third-order valence-electron chi connectivity index (χ3n) is 5.14. The summed E-state index contributed by atoms with van der Waals surface area (Å²) in [6, 6.07) is 11.3. The summed E-state index contributed by atoms with van der Waals surface area (Å²) in [7, 11) is 0. The molecule has 1 amide bonds. The highest BCUT2D eigenvalue weighted by Crippen LogP contribution is 2.30.